The molecule has 1 aliphatic heterocycles. The molecule has 1 aliphatic carbocycles. The van der Waals surface area contributed by atoms with E-state index < -0.39 is 0 Å². The van der Waals surface area contributed by atoms with E-state index in [1.165, 1.54) is 25.7 Å². The summed E-state index contributed by atoms with van der Waals surface area (Å²) in [5, 5.41) is 8.07. The largest absolute Gasteiger partial charge is 0.381 e. The standard InChI is InChI=1S/C18H25N5O3/c1-22-15(6-8-19-22)18(24)23-10-14(11-23)17-20-16(21-26-17)7-9-25-12-13-4-2-3-5-13/h6,8,13-14H,2-5,7,9-12H2,1H3. The number of amides is 1. The van der Waals surface area contributed by atoms with Crippen molar-refractivity contribution in [2.24, 2.45) is 13.0 Å². The third-order valence-electron chi connectivity index (χ3n) is 5.34. The molecule has 8 heteroatoms. The smallest absolute Gasteiger partial charge is 0.272 e. The molecule has 8 nitrogen and oxygen atoms in total. The Kier molecular flexibility index (Phi) is 5.01. The first kappa shape index (κ1) is 17.2. The van der Waals surface area contributed by atoms with Gasteiger partial charge >= 0.3 is 0 Å². The molecular formula is C18H25N5O3. The van der Waals surface area contributed by atoms with Crippen molar-refractivity contribution in [3.8, 4) is 0 Å². The molecule has 140 valence electrons. The van der Waals surface area contributed by atoms with Crippen molar-refractivity contribution in [3.63, 3.8) is 0 Å². The SMILES string of the molecule is Cn1nccc1C(=O)N1CC(c2nc(CCOCC3CCCC3)no2)C1. The van der Waals surface area contributed by atoms with Crippen LogP contribution >= 0.6 is 0 Å². The summed E-state index contributed by atoms with van der Waals surface area (Å²) in [7, 11) is 1.77. The second-order valence-corrected chi connectivity index (χ2v) is 7.27. The Balaban J connectivity index is 1.20. The lowest BCUT2D eigenvalue weighted by Crippen LogP contribution is -2.49. The lowest BCUT2D eigenvalue weighted by Gasteiger charge is -2.36. The first-order valence-corrected chi connectivity index (χ1v) is 9.38. The van der Waals surface area contributed by atoms with Gasteiger partial charge in [-0.15, -0.1) is 0 Å². The molecule has 0 spiro atoms. The highest BCUT2D eigenvalue weighted by Crippen LogP contribution is 2.27. The normalized spacial score (nSPS) is 18.4. The summed E-state index contributed by atoms with van der Waals surface area (Å²) in [4.78, 5) is 18.6. The highest BCUT2D eigenvalue weighted by molar-refractivity contribution is 5.93. The summed E-state index contributed by atoms with van der Waals surface area (Å²) in [6.07, 6.45) is 7.56. The fourth-order valence-corrected chi connectivity index (χ4v) is 3.67. The molecular weight excluding hydrogens is 334 g/mol. The van der Waals surface area contributed by atoms with Gasteiger partial charge in [-0.1, -0.05) is 18.0 Å². The monoisotopic (exact) mass is 359 g/mol. The molecule has 2 aromatic heterocycles. The van der Waals surface area contributed by atoms with Gasteiger partial charge in [-0.2, -0.15) is 10.1 Å². The van der Waals surface area contributed by atoms with Gasteiger partial charge in [0.15, 0.2) is 5.82 Å². The topological polar surface area (TPSA) is 86.3 Å². The van der Waals surface area contributed by atoms with Crippen molar-refractivity contribution in [1.82, 2.24) is 24.8 Å². The van der Waals surface area contributed by atoms with E-state index in [9.17, 15) is 4.79 Å². The first-order valence-electron chi connectivity index (χ1n) is 9.38. The number of aromatic nitrogens is 4. The highest BCUT2D eigenvalue weighted by atomic mass is 16.5. The van der Waals surface area contributed by atoms with E-state index in [4.69, 9.17) is 9.26 Å². The predicted molar refractivity (Wildman–Crippen MR) is 92.6 cm³/mol. The Morgan fingerprint density at radius 3 is 2.88 bits per heavy atom. The Morgan fingerprint density at radius 1 is 1.35 bits per heavy atom. The maximum Gasteiger partial charge on any atom is 0.272 e. The summed E-state index contributed by atoms with van der Waals surface area (Å²) in [6.45, 7) is 2.68. The third-order valence-corrected chi connectivity index (χ3v) is 5.34. The van der Waals surface area contributed by atoms with Crippen LogP contribution in [-0.2, 0) is 18.2 Å². The second-order valence-electron chi connectivity index (χ2n) is 7.27. The van der Waals surface area contributed by atoms with Crippen molar-refractivity contribution in [3.05, 3.63) is 29.7 Å². The van der Waals surface area contributed by atoms with Gasteiger partial charge in [-0.3, -0.25) is 9.48 Å². The van der Waals surface area contributed by atoms with Crippen LogP contribution in [0.3, 0.4) is 0 Å². The molecule has 4 rings (SSSR count). The third kappa shape index (κ3) is 3.65. The molecule has 1 saturated carbocycles. The molecule has 3 heterocycles. The molecule has 0 atom stereocenters. The summed E-state index contributed by atoms with van der Waals surface area (Å²) >= 11 is 0. The van der Waals surface area contributed by atoms with Gasteiger partial charge in [0.2, 0.25) is 5.89 Å². The average Bonchev–Trinajstić information content (AvgIpc) is 3.32. The minimum absolute atomic E-state index is 0.0127. The molecule has 1 amide bonds. The van der Waals surface area contributed by atoms with E-state index in [1.807, 2.05) is 0 Å². The van der Waals surface area contributed by atoms with E-state index >= 15 is 0 Å². The molecule has 0 bridgehead atoms. The predicted octanol–water partition coefficient (Wildman–Crippen LogP) is 1.79. The van der Waals surface area contributed by atoms with Crippen LogP contribution in [0.15, 0.2) is 16.8 Å². The Labute approximate surface area is 152 Å². The van der Waals surface area contributed by atoms with Crippen LogP contribution in [0.4, 0.5) is 0 Å². The number of hydrogen-bond donors (Lipinski definition) is 0. The van der Waals surface area contributed by atoms with E-state index in [-0.39, 0.29) is 11.8 Å². The minimum Gasteiger partial charge on any atom is -0.381 e. The number of carbonyl (C=O) groups excluding carboxylic acids is 1. The number of carbonyl (C=O) groups is 1. The number of nitrogens with zero attached hydrogens (tertiary/aromatic N) is 5. The molecule has 2 aliphatic rings. The van der Waals surface area contributed by atoms with Gasteiger partial charge in [-0.25, -0.2) is 0 Å². The highest BCUT2D eigenvalue weighted by Gasteiger charge is 2.36. The van der Waals surface area contributed by atoms with Crippen LogP contribution in [0.5, 0.6) is 0 Å². The maximum atomic E-state index is 12.4. The van der Waals surface area contributed by atoms with Gasteiger partial charge in [0.05, 0.1) is 12.5 Å². The van der Waals surface area contributed by atoms with Crippen molar-refractivity contribution in [2.45, 2.75) is 38.0 Å². The quantitative estimate of drug-likeness (QED) is 0.701. The fourth-order valence-electron chi connectivity index (χ4n) is 3.67. The average molecular weight is 359 g/mol. The van der Waals surface area contributed by atoms with Gasteiger partial charge in [0.25, 0.3) is 5.91 Å². The number of aryl methyl sites for hydroxylation is 1. The van der Waals surface area contributed by atoms with Crippen LogP contribution in [0.2, 0.25) is 0 Å². The molecule has 2 aromatic rings. The zero-order chi connectivity index (χ0) is 17.9. The van der Waals surface area contributed by atoms with Crippen LogP contribution in [0.25, 0.3) is 0 Å². The molecule has 0 aromatic carbocycles. The Bertz CT molecular complexity index is 744. The maximum absolute atomic E-state index is 12.4. The summed E-state index contributed by atoms with van der Waals surface area (Å²) < 4.78 is 12.7. The van der Waals surface area contributed by atoms with Crippen molar-refractivity contribution in [2.75, 3.05) is 26.3 Å². The minimum atomic E-state index is -0.0127. The molecule has 0 radical (unpaired) electrons. The number of hydrogen-bond acceptors (Lipinski definition) is 6. The van der Waals surface area contributed by atoms with Gasteiger partial charge in [-0.05, 0) is 24.8 Å². The summed E-state index contributed by atoms with van der Waals surface area (Å²) in [5.74, 6) is 2.13. The van der Waals surface area contributed by atoms with E-state index in [1.54, 1.807) is 28.9 Å². The van der Waals surface area contributed by atoms with Gasteiger partial charge < -0.3 is 14.2 Å². The molecule has 26 heavy (non-hydrogen) atoms. The zero-order valence-corrected chi connectivity index (χ0v) is 15.1. The fraction of sp³-hybridized carbons (Fsp3) is 0.667. The Morgan fingerprint density at radius 2 is 2.15 bits per heavy atom. The number of ether oxygens (including phenoxy) is 1. The van der Waals surface area contributed by atoms with Crippen molar-refractivity contribution < 1.29 is 14.1 Å². The molecule has 1 saturated heterocycles. The summed E-state index contributed by atoms with van der Waals surface area (Å²) in [6, 6.07) is 1.73. The van der Waals surface area contributed by atoms with E-state index in [2.05, 4.69) is 15.2 Å². The number of likely N-dealkylation sites (tertiary alicyclic amines) is 1. The van der Waals surface area contributed by atoms with Crippen LogP contribution in [0.1, 0.15) is 53.8 Å². The second kappa shape index (κ2) is 7.57. The van der Waals surface area contributed by atoms with Gasteiger partial charge in [0.1, 0.15) is 5.69 Å². The van der Waals surface area contributed by atoms with Crippen molar-refractivity contribution >= 4 is 5.91 Å². The first-order chi connectivity index (χ1) is 12.7. The molecule has 2 fully saturated rings. The Hall–Kier alpha value is -2.22. The lowest BCUT2D eigenvalue weighted by atomic mass is 9.99. The molecule has 0 N–H and O–H groups in total. The van der Waals surface area contributed by atoms with Crippen molar-refractivity contribution in [1.29, 1.82) is 0 Å². The summed E-state index contributed by atoms with van der Waals surface area (Å²) in [5.41, 5.74) is 0.592. The molecule has 0 unspecified atom stereocenters. The van der Waals surface area contributed by atoms with E-state index in [0.29, 0.717) is 43.5 Å². The zero-order valence-electron chi connectivity index (χ0n) is 15.1. The van der Waals surface area contributed by atoms with Gasteiger partial charge in [0, 0.05) is 39.4 Å². The number of rotatable bonds is 7. The van der Waals surface area contributed by atoms with Crippen LogP contribution in [-0.4, -0.2) is 57.0 Å². The van der Waals surface area contributed by atoms with Crippen LogP contribution in [0, 0.1) is 5.92 Å². The van der Waals surface area contributed by atoms with E-state index in [0.717, 1.165) is 12.5 Å². The lowest BCUT2D eigenvalue weighted by molar-refractivity contribution is 0.0558. The van der Waals surface area contributed by atoms with Crippen LogP contribution < -0.4 is 0 Å².